The van der Waals surface area contributed by atoms with Crippen LogP contribution in [0.5, 0.6) is 28.7 Å². The van der Waals surface area contributed by atoms with Crippen LogP contribution in [-0.4, -0.2) is 42.1 Å². The lowest BCUT2D eigenvalue weighted by Gasteiger charge is -2.18. The van der Waals surface area contributed by atoms with E-state index in [0.717, 1.165) is 0 Å². The highest BCUT2D eigenvalue weighted by atomic mass is 16.6. The molecular formula is C20H20O8. The fourth-order valence-corrected chi connectivity index (χ4v) is 3.93. The molecule has 4 atom stereocenters. The van der Waals surface area contributed by atoms with E-state index in [0.29, 0.717) is 11.1 Å². The van der Waals surface area contributed by atoms with Crippen molar-refractivity contribution in [3.63, 3.8) is 0 Å². The third-order valence-electron chi connectivity index (χ3n) is 5.32. The van der Waals surface area contributed by atoms with E-state index in [1.54, 1.807) is 18.2 Å². The molecule has 0 radical (unpaired) electrons. The van der Waals surface area contributed by atoms with Crippen molar-refractivity contribution in [2.45, 2.75) is 12.2 Å². The molecule has 8 nitrogen and oxygen atoms in total. The molecule has 2 aliphatic heterocycles. The van der Waals surface area contributed by atoms with E-state index in [-0.39, 0.29) is 41.3 Å². The predicted octanol–water partition coefficient (Wildman–Crippen LogP) is 2.42. The Balaban J connectivity index is 1.67. The predicted molar refractivity (Wildman–Crippen MR) is 95.5 cm³/mol. The van der Waals surface area contributed by atoms with E-state index in [4.69, 9.17) is 18.9 Å². The van der Waals surface area contributed by atoms with Gasteiger partial charge in [-0.3, -0.25) is 4.79 Å². The highest BCUT2D eigenvalue weighted by Crippen LogP contribution is 2.53. The third kappa shape index (κ3) is 2.77. The van der Waals surface area contributed by atoms with Gasteiger partial charge >= 0.3 is 5.97 Å². The lowest BCUT2D eigenvalue weighted by atomic mass is 9.84. The van der Waals surface area contributed by atoms with Crippen LogP contribution in [0.2, 0.25) is 0 Å². The highest BCUT2D eigenvalue weighted by Gasteiger charge is 2.54. The molecule has 0 spiro atoms. The van der Waals surface area contributed by atoms with E-state index in [2.05, 4.69) is 0 Å². The summed E-state index contributed by atoms with van der Waals surface area (Å²) in [5.41, 5.74) is 1.21. The van der Waals surface area contributed by atoms with Crippen LogP contribution in [0.4, 0.5) is 0 Å². The number of rotatable bonds is 4. The molecule has 2 aliphatic rings. The zero-order valence-corrected chi connectivity index (χ0v) is 15.3. The summed E-state index contributed by atoms with van der Waals surface area (Å²) in [5, 5.41) is 29.4. The molecule has 4 rings (SSSR count). The van der Waals surface area contributed by atoms with Crippen LogP contribution in [0.25, 0.3) is 0 Å². The number of ether oxygens (including phenoxy) is 4. The van der Waals surface area contributed by atoms with Gasteiger partial charge < -0.3 is 34.3 Å². The number of methoxy groups -OCH3 is 2. The van der Waals surface area contributed by atoms with Gasteiger partial charge in [0.25, 0.3) is 0 Å². The molecule has 2 aromatic carbocycles. The monoisotopic (exact) mass is 388 g/mol. The first kappa shape index (κ1) is 18.2. The Hall–Kier alpha value is -3.13. The van der Waals surface area contributed by atoms with Crippen LogP contribution in [0.1, 0.15) is 23.3 Å². The van der Waals surface area contributed by atoms with Gasteiger partial charge in [-0.15, -0.1) is 0 Å². The van der Waals surface area contributed by atoms with Crippen molar-refractivity contribution >= 4 is 5.97 Å². The number of phenols is 3. The first-order chi connectivity index (χ1) is 13.4. The SMILES string of the molecule is COc1cc([C@H]2OC(=O)[C@H]3[C@@H]2CO[C@@H]3c2ccc(O)c(O)c2)cc(OC)c1O. The number of cyclic esters (lactones) is 1. The van der Waals surface area contributed by atoms with Crippen molar-refractivity contribution in [2.24, 2.45) is 11.8 Å². The summed E-state index contributed by atoms with van der Waals surface area (Å²) in [6.07, 6.45) is -1.17. The van der Waals surface area contributed by atoms with Gasteiger partial charge in [-0.05, 0) is 29.8 Å². The van der Waals surface area contributed by atoms with Gasteiger partial charge in [-0.1, -0.05) is 6.07 Å². The minimum atomic E-state index is -0.588. The number of phenolic OH excluding ortho intramolecular Hbond substituents is 3. The van der Waals surface area contributed by atoms with Crippen LogP contribution in [0.3, 0.4) is 0 Å². The van der Waals surface area contributed by atoms with Crippen LogP contribution >= 0.6 is 0 Å². The molecule has 2 aromatic rings. The van der Waals surface area contributed by atoms with E-state index in [1.165, 1.54) is 26.4 Å². The zero-order valence-electron chi connectivity index (χ0n) is 15.3. The maximum atomic E-state index is 12.6. The van der Waals surface area contributed by atoms with Crippen molar-refractivity contribution in [1.29, 1.82) is 0 Å². The average Bonchev–Trinajstić information content (AvgIpc) is 3.26. The Kier molecular flexibility index (Phi) is 4.43. The second-order valence-electron chi connectivity index (χ2n) is 6.82. The molecule has 0 amide bonds. The molecule has 0 unspecified atom stereocenters. The number of hydrogen-bond acceptors (Lipinski definition) is 8. The molecular weight excluding hydrogens is 368 g/mol. The summed E-state index contributed by atoms with van der Waals surface area (Å²) in [5.74, 6) is -1.44. The normalized spacial score (nSPS) is 26.0. The topological polar surface area (TPSA) is 115 Å². The van der Waals surface area contributed by atoms with Gasteiger partial charge in [-0.25, -0.2) is 0 Å². The summed E-state index contributed by atoms with van der Waals surface area (Å²) in [6.45, 7) is 0.277. The van der Waals surface area contributed by atoms with Gasteiger partial charge in [0, 0.05) is 11.5 Å². The van der Waals surface area contributed by atoms with Crippen molar-refractivity contribution in [3.8, 4) is 28.7 Å². The number of fused-ring (bicyclic) bond motifs is 1. The van der Waals surface area contributed by atoms with Crippen LogP contribution in [0.15, 0.2) is 30.3 Å². The van der Waals surface area contributed by atoms with E-state index >= 15 is 0 Å². The number of hydrogen-bond donors (Lipinski definition) is 3. The fraction of sp³-hybridized carbons (Fsp3) is 0.350. The number of carbonyl (C=O) groups excluding carboxylic acids is 1. The van der Waals surface area contributed by atoms with Crippen molar-refractivity contribution in [1.82, 2.24) is 0 Å². The standard InChI is InChI=1S/C20H20O8/c1-25-14-6-10(7-15(26-2)17(14)23)18-11-8-27-19(16(11)20(24)28-18)9-3-4-12(21)13(22)5-9/h3-7,11,16,18-19,21-23H,8H2,1-2H3/t11-,16-,18+,19+/m0/s1. The Bertz CT molecular complexity index is 899. The van der Waals surface area contributed by atoms with Crippen molar-refractivity contribution < 1.29 is 39.1 Å². The Morgan fingerprint density at radius 3 is 2.21 bits per heavy atom. The lowest BCUT2D eigenvalue weighted by molar-refractivity contribution is -0.148. The summed E-state index contributed by atoms with van der Waals surface area (Å²) in [7, 11) is 2.85. The van der Waals surface area contributed by atoms with Crippen LogP contribution in [-0.2, 0) is 14.3 Å². The smallest absolute Gasteiger partial charge is 0.313 e. The van der Waals surface area contributed by atoms with Gasteiger partial charge in [0.1, 0.15) is 6.10 Å². The second kappa shape index (κ2) is 6.79. The van der Waals surface area contributed by atoms with Crippen molar-refractivity contribution in [2.75, 3.05) is 20.8 Å². The Morgan fingerprint density at radius 1 is 0.929 bits per heavy atom. The molecule has 0 bridgehead atoms. The average molecular weight is 388 g/mol. The quantitative estimate of drug-likeness (QED) is 0.540. The third-order valence-corrected chi connectivity index (χ3v) is 5.32. The number of benzene rings is 2. The Labute approximate surface area is 160 Å². The molecule has 148 valence electrons. The molecule has 0 aromatic heterocycles. The fourth-order valence-electron chi connectivity index (χ4n) is 3.93. The van der Waals surface area contributed by atoms with Gasteiger partial charge in [0.05, 0.1) is 32.8 Å². The number of carbonyl (C=O) groups is 1. The molecule has 0 aliphatic carbocycles. The minimum Gasteiger partial charge on any atom is -0.504 e. The van der Waals surface area contributed by atoms with Gasteiger partial charge in [0.15, 0.2) is 23.0 Å². The summed E-state index contributed by atoms with van der Waals surface area (Å²) in [6, 6.07) is 7.56. The van der Waals surface area contributed by atoms with E-state index in [9.17, 15) is 20.1 Å². The molecule has 8 heteroatoms. The molecule has 0 saturated carbocycles. The largest absolute Gasteiger partial charge is 0.504 e. The van der Waals surface area contributed by atoms with E-state index < -0.39 is 24.1 Å². The first-order valence-electron chi connectivity index (χ1n) is 8.73. The number of esters is 1. The second-order valence-corrected chi connectivity index (χ2v) is 6.82. The molecule has 2 heterocycles. The molecule has 2 fully saturated rings. The lowest BCUT2D eigenvalue weighted by Crippen LogP contribution is -2.17. The molecule has 2 saturated heterocycles. The molecule has 3 N–H and O–H groups in total. The zero-order chi connectivity index (χ0) is 20.0. The maximum absolute atomic E-state index is 12.6. The van der Waals surface area contributed by atoms with Crippen LogP contribution in [0, 0.1) is 11.8 Å². The minimum absolute atomic E-state index is 0.130. The summed E-state index contributed by atoms with van der Waals surface area (Å²) < 4.78 is 21.9. The van der Waals surface area contributed by atoms with Gasteiger partial charge in [-0.2, -0.15) is 0 Å². The number of aromatic hydroxyl groups is 3. The van der Waals surface area contributed by atoms with Gasteiger partial charge in [0.2, 0.25) is 5.75 Å². The molecule has 28 heavy (non-hydrogen) atoms. The Morgan fingerprint density at radius 2 is 1.61 bits per heavy atom. The maximum Gasteiger partial charge on any atom is 0.313 e. The summed E-state index contributed by atoms with van der Waals surface area (Å²) >= 11 is 0. The highest BCUT2D eigenvalue weighted by molar-refractivity contribution is 5.77. The van der Waals surface area contributed by atoms with Crippen LogP contribution < -0.4 is 9.47 Å². The van der Waals surface area contributed by atoms with Crippen molar-refractivity contribution in [3.05, 3.63) is 41.5 Å². The first-order valence-corrected chi connectivity index (χ1v) is 8.73. The summed E-state index contributed by atoms with van der Waals surface area (Å²) in [4.78, 5) is 12.6. The van der Waals surface area contributed by atoms with E-state index in [1.807, 2.05) is 0 Å².